The molecule has 1 heterocycles. The van der Waals surface area contributed by atoms with Crippen LogP contribution in [0.15, 0.2) is 0 Å². The first-order chi connectivity index (χ1) is 5.29. The minimum absolute atomic E-state index is 0.660. The molecule has 1 N–H and O–H groups in total. The molecular weight excluding hydrogens is 140 g/mol. The van der Waals surface area contributed by atoms with E-state index >= 15 is 0 Å². The summed E-state index contributed by atoms with van der Waals surface area (Å²) in [5.74, 6) is 0.660. The minimum atomic E-state index is 0.660. The lowest BCUT2D eigenvalue weighted by molar-refractivity contribution is 0.113. The second-order valence-electron chi connectivity index (χ2n) is 3.41. The number of rotatable bonds is 2. The summed E-state index contributed by atoms with van der Waals surface area (Å²) in [6.45, 7) is 4.99. The van der Waals surface area contributed by atoms with E-state index in [1.807, 2.05) is 0 Å². The van der Waals surface area contributed by atoms with Crippen molar-refractivity contribution in [2.45, 2.75) is 0 Å². The van der Waals surface area contributed by atoms with Crippen molar-refractivity contribution in [1.29, 1.82) is 0 Å². The first-order valence-corrected chi connectivity index (χ1v) is 4.22. The lowest BCUT2D eigenvalue weighted by Gasteiger charge is -2.18. The van der Waals surface area contributed by atoms with E-state index in [9.17, 15) is 0 Å². The Hall–Kier alpha value is -0.120. The number of hydrogen-bond acceptors (Lipinski definition) is 3. The van der Waals surface area contributed by atoms with Crippen LogP contribution in [0.4, 0.5) is 0 Å². The summed E-state index contributed by atoms with van der Waals surface area (Å²) in [4.78, 5) is 2.21. The Bertz CT molecular complexity index is 98.3. The summed E-state index contributed by atoms with van der Waals surface area (Å²) in [7, 11) is 4.20. The van der Waals surface area contributed by atoms with Crippen LogP contribution in [0.3, 0.4) is 0 Å². The van der Waals surface area contributed by atoms with Crippen molar-refractivity contribution in [1.82, 2.24) is 10.2 Å². The Balaban J connectivity index is 2.20. The van der Waals surface area contributed by atoms with E-state index < -0.39 is 0 Å². The fraction of sp³-hybridized carbons (Fsp3) is 1.00. The van der Waals surface area contributed by atoms with Crippen LogP contribution in [0.25, 0.3) is 0 Å². The van der Waals surface area contributed by atoms with Crippen LogP contribution in [-0.2, 0) is 4.74 Å². The van der Waals surface area contributed by atoms with Crippen molar-refractivity contribution in [2.24, 2.45) is 5.92 Å². The predicted octanol–water partition coefficient (Wildman–Crippen LogP) is -0.216. The fourth-order valence-electron chi connectivity index (χ4n) is 1.39. The maximum absolute atomic E-state index is 5.42. The van der Waals surface area contributed by atoms with Gasteiger partial charge in [0.2, 0.25) is 0 Å². The first kappa shape index (κ1) is 8.97. The van der Waals surface area contributed by atoms with Crippen LogP contribution >= 0.6 is 0 Å². The van der Waals surface area contributed by atoms with Crippen molar-refractivity contribution in [3.8, 4) is 0 Å². The average molecular weight is 158 g/mol. The Morgan fingerprint density at radius 1 is 1.55 bits per heavy atom. The number of nitrogens with one attached hydrogen (secondary N) is 1. The quantitative estimate of drug-likeness (QED) is 0.601. The number of hydrogen-bond donors (Lipinski definition) is 1. The monoisotopic (exact) mass is 158 g/mol. The van der Waals surface area contributed by atoms with E-state index in [1.54, 1.807) is 0 Å². The zero-order valence-corrected chi connectivity index (χ0v) is 7.47. The maximum Gasteiger partial charge on any atom is 0.0591 e. The van der Waals surface area contributed by atoms with Crippen molar-refractivity contribution in [3.63, 3.8) is 0 Å². The third kappa shape index (κ3) is 3.70. The third-order valence-electron chi connectivity index (χ3n) is 1.83. The molecule has 0 radical (unpaired) electrons. The van der Waals surface area contributed by atoms with Crippen molar-refractivity contribution in [3.05, 3.63) is 0 Å². The molecule has 1 rings (SSSR count). The van der Waals surface area contributed by atoms with Gasteiger partial charge in [-0.1, -0.05) is 0 Å². The van der Waals surface area contributed by atoms with Gasteiger partial charge in [0, 0.05) is 25.6 Å². The Kier molecular flexibility index (Phi) is 3.83. The van der Waals surface area contributed by atoms with Gasteiger partial charge < -0.3 is 15.0 Å². The Labute approximate surface area is 68.7 Å². The highest BCUT2D eigenvalue weighted by atomic mass is 16.5. The highest BCUT2D eigenvalue weighted by molar-refractivity contribution is 4.67. The normalized spacial score (nSPS) is 27.0. The standard InChI is InChI=1S/C8H18N2O/c1-10(2)6-8-5-9-3-4-11-7-8/h8-9H,3-7H2,1-2H3/t8-/m0/s1. The molecule has 0 amide bonds. The molecule has 1 aliphatic rings. The van der Waals surface area contributed by atoms with Gasteiger partial charge in [-0.3, -0.25) is 0 Å². The topological polar surface area (TPSA) is 24.5 Å². The zero-order valence-electron chi connectivity index (χ0n) is 7.47. The van der Waals surface area contributed by atoms with Crippen molar-refractivity contribution < 1.29 is 4.74 Å². The molecule has 0 spiro atoms. The summed E-state index contributed by atoms with van der Waals surface area (Å²) in [5.41, 5.74) is 0. The molecule has 0 aliphatic carbocycles. The second kappa shape index (κ2) is 4.70. The molecule has 1 saturated heterocycles. The summed E-state index contributed by atoms with van der Waals surface area (Å²) in [6, 6.07) is 0. The van der Waals surface area contributed by atoms with E-state index in [0.717, 1.165) is 32.8 Å². The largest absolute Gasteiger partial charge is 0.380 e. The van der Waals surface area contributed by atoms with Gasteiger partial charge in [0.1, 0.15) is 0 Å². The van der Waals surface area contributed by atoms with Gasteiger partial charge in [0.25, 0.3) is 0 Å². The molecule has 0 unspecified atom stereocenters. The first-order valence-electron chi connectivity index (χ1n) is 4.22. The van der Waals surface area contributed by atoms with Gasteiger partial charge in [0.05, 0.1) is 13.2 Å². The lowest BCUT2D eigenvalue weighted by Crippen LogP contribution is -2.31. The summed E-state index contributed by atoms with van der Waals surface area (Å²) >= 11 is 0. The Morgan fingerprint density at radius 2 is 2.36 bits per heavy atom. The average Bonchev–Trinajstić information content (AvgIpc) is 2.14. The van der Waals surface area contributed by atoms with E-state index in [2.05, 4.69) is 24.3 Å². The summed E-state index contributed by atoms with van der Waals surface area (Å²) < 4.78 is 5.42. The zero-order chi connectivity index (χ0) is 8.10. The smallest absolute Gasteiger partial charge is 0.0591 e. The van der Waals surface area contributed by atoms with E-state index in [-0.39, 0.29) is 0 Å². The number of nitrogens with zero attached hydrogens (tertiary/aromatic N) is 1. The molecular formula is C8H18N2O. The molecule has 0 aromatic heterocycles. The van der Waals surface area contributed by atoms with E-state index in [4.69, 9.17) is 4.74 Å². The van der Waals surface area contributed by atoms with E-state index in [0.29, 0.717) is 5.92 Å². The van der Waals surface area contributed by atoms with Crippen LogP contribution in [-0.4, -0.2) is 51.8 Å². The summed E-state index contributed by atoms with van der Waals surface area (Å²) in [5, 5.41) is 3.35. The maximum atomic E-state index is 5.42. The van der Waals surface area contributed by atoms with Gasteiger partial charge in [-0.25, -0.2) is 0 Å². The molecule has 0 bridgehead atoms. The van der Waals surface area contributed by atoms with Crippen LogP contribution in [0.2, 0.25) is 0 Å². The van der Waals surface area contributed by atoms with Gasteiger partial charge >= 0.3 is 0 Å². The second-order valence-corrected chi connectivity index (χ2v) is 3.41. The highest BCUT2D eigenvalue weighted by Gasteiger charge is 2.12. The van der Waals surface area contributed by atoms with Crippen LogP contribution in [0, 0.1) is 5.92 Å². The molecule has 0 aromatic rings. The minimum Gasteiger partial charge on any atom is -0.380 e. The van der Waals surface area contributed by atoms with Crippen molar-refractivity contribution in [2.75, 3.05) is 46.9 Å². The van der Waals surface area contributed by atoms with Crippen LogP contribution < -0.4 is 5.32 Å². The fourth-order valence-corrected chi connectivity index (χ4v) is 1.39. The molecule has 0 saturated carbocycles. The van der Waals surface area contributed by atoms with E-state index in [1.165, 1.54) is 0 Å². The van der Waals surface area contributed by atoms with Crippen LogP contribution in [0.1, 0.15) is 0 Å². The molecule has 3 heteroatoms. The van der Waals surface area contributed by atoms with Gasteiger partial charge in [-0.05, 0) is 14.1 Å². The predicted molar refractivity (Wildman–Crippen MR) is 45.7 cm³/mol. The molecule has 1 aliphatic heterocycles. The molecule has 66 valence electrons. The molecule has 1 atom stereocenters. The third-order valence-corrected chi connectivity index (χ3v) is 1.83. The Morgan fingerprint density at radius 3 is 3.09 bits per heavy atom. The van der Waals surface area contributed by atoms with Crippen molar-refractivity contribution >= 4 is 0 Å². The van der Waals surface area contributed by atoms with Gasteiger partial charge in [-0.2, -0.15) is 0 Å². The lowest BCUT2D eigenvalue weighted by atomic mass is 10.1. The van der Waals surface area contributed by atoms with Gasteiger partial charge in [0.15, 0.2) is 0 Å². The van der Waals surface area contributed by atoms with Crippen LogP contribution in [0.5, 0.6) is 0 Å². The molecule has 3 nitrogen and oxygen atoms in total. The summed E-state index contributed by atoms with van der Waals surface area (Å²) in [6.07, 6.45) is 0. The highest BCUT2D eigenvalue weighted by Crippen LogP contribution is 2.00. The molecule has 1 fully saturated rings. The van der Waals surface area contributed by atoms with Gasteiger partial charge in [-0.15, -0.1) is 0 Å². The SMILES string of the molecule is CN(C)C[C@@H]1CNCCOC1. The molecule has 0 aromatic carbocycles. The number of ether oxygens (including phenoxy) is 1. The molecule has 11 heavy (non-hydrogen) atoms.